The van der Waals surface area contributed by atoms with Crippen molar-refractivity contribution in [1.29, 1.82) is 0 Å². The highest BCUT2D eigenvalue weighted by Gasteiger charge is 2.25. The van der Waals surface area contributed by atoms with Crippen molar-refractivity contribution in [2.45, 2.75) is 58.5 Å². The molecule has 0 saturated carbocycles. The molecule has 0 bridgehead atoms. The summed E-state index contributed by atoms with van der Waals surface area (Å²) in [6.45, 7) is 12.7. The molecule has 2 nitrogen and oxygen atoms in total. The van der Waals surface area contributed by atoms with Gasteiger partial charge in [-0.25, -0.2) is 0 Å². The van der Waals surface area contributed by atoms with E-state index in [-0.39, 0.29) is 11.5 Å². The predicted octanol–water partition coefficient (Wildman–Crippen LogP) is 3.03. The SMILES string of the molecule is Cc1ccc(C(C)(C)C)cc1C(N)C(C)(C)N. The fourth-order valence-corrected chi connectivity index (χ4v) is 1.84. The van der Waals surface area contributed by atoms with Crippen LogP contribution < -0.4 is 11.5 Å². The lowest BCUT2D eigenvalue weighted by Gasteiger charge is -2.30. The van der Waals surface area contributed by atoms with Crippen LogP contribution in [0.25, 0.3) is 0 Å². The summed E-state index contributed by atoms with van der Waals surface area (Å²) < 4.78 is 0. The molecule has 0 amide bonds. The van der Waals surface area contributed by atoms with Crippen molar-refractivity contribution in [3.8, 4) is 0 Å². The Bertz CT molecular complexity index is 394. The first kappa shape index (κ1) is 14.2. The average Bonchev–Trinajstić information content (AvgIpc) is 2.14. The third-order valence-electron chi connectivity index (χ3n) is 3.28. The quantitative estimate of drug-likeness (QED) is 0.826. The van der Waals surface area contributed by atoms with Crippen LogP contribution in [0.1, 0.15) is 57.4 Å². The molecule has 0 aliphatic carbocycles. The minimum Gasteiger partial charge on any atom is -0.324 e. The van der Waals surface area contributed by atoms with Gasteiger partial charge in [0.2, 0.25) is 0 Å². The molecule has 4 N–H and O–H groups in total. The van der Waals surface area contributed by atoms with Crippen molar-refractivity contribution in [2.75, 3.05) is 0 Å². The third kappa shape index (κ3) is 3.30. The lowest BCUT2D eigenvalue weighted by molar-refractivity contribution is 0.418. The summed E-state index contributed by atoms with van der Waals surface area (Å²) in [5.41, 5.74) is 15.8. The molecule has 96 valence electrons. The van der Waals surface area contributed by atoms with Gasteiger partial charge in [-0.1, -0.05) is 39.0 Å². The van der Waals surface area contributed by atoms with Gasteiger partial charge >= 0.3 is 0 Å². The van der Waals surface area contributed by atoms with Crippen LogP contribution in [-0.2, 0) is 5.41 Å². The lowest BCUT2D eigenvalue weighted by atomic mass is 9.81. The summed E-state index contributed by atoms with van der Waals surface area (Å²) in [5, 5.41) is 0. The van der Waals surface area contributed by atoms with E-state index in [0.29, 0.717) is 0 Å². The van der Waals surface area contributed by atoms with Crippen LogP contribution in [0, 0.1) is 6.92 Å². The zero-order valence-electron chi connectivity index (χ0n) is 12.0. The van der Waals surface area contributed by atoms with Crippen molar-refractivity contribution in [3.05, 3.63) is 34.9 Å². The second-order valence-corrected chi connectivity index (χ2v) is 6.62. The molecule has 1 unspecified atom stereocenters. The average molecular weight is 234 g/mol. The molecule has 0 radical (unpaired) electrons. The number of hydrogen-bond acceptors (Lipinski definition) is 2. The maximum atomic E-state index is 6.26. The zero-order valence-corrected chi connectivity index (χ0v) is 12.0. The Kier molecular flexibility index (Phi) is 3.70. The molecular formula is C15H26N2. The highest BCUT2D eigenvalue weighted by atomic mass is 14.8. The number of nitrogens with two attached hydrogens (primary N) is 2. The third-order valence-corrected chi connectivity index (χ3v) is 3.28. The second-order valence-electron chi connectivity index (χ2n) is 6.62. The number of rotatable bonds is 2. The van der Waals surface area contributed by atoms with E-state index in [1.807, 2.05) is 13.8 Å². The molecule has 1 aromatic carbocycles. The van der Waals surface area contributed by atoms with E-state index in [4.69, 9.17) is 11.5 Å². The number of benzene rings is 1. The maximum Gasteiger partial charge on any atom is 0.0475 e. The van der Waals surface area contributed by atoms with Crippen LogP contribution in [-0.4, -0.2) is 5.54 Å². The van der Waals surface area contributed by atoms with Gasteiger partial charge in [0.15, 0.2) is 0 Å². The second kappa shape index (κ2) is 4.43. The summed E-state index contributed by atoms with van der Waals surface area (Å²) in [6.07, 6.45) is 0. The number of hydrogen-bond donors (Lipinski definition) is 2. The van der Waals surface area contributed by atoms with Crippen LogP contribution in [0.4, 0.5) is 0 Å². The van der Waals surface area contributed by atoms with E-state index >= 15 is 0 Å². The summed E-state index contributed by atoms with van der Waals surface area (Å²) in [5.74, 6) is 0. The predicted molar refractivity (Wildman–Crippen MR) is 75.1 cm³/mol. The van der Waals surface area contributed by atoms with E-state index < -0.39 is 5.54 Å². The van der Waals surface area contributed by atoms with Gasteiger partial charge in [0, 0.05) is 11.6 Å². The highest BCUT2D eigenvalue weighted by Crippen LogP contribution is 2.29. The number of aryl methyl sites for hydroxylation is 1. The van der Waals surface area contributed by atoms with Crippen molar-refractivity contribution in [3.63, 3.8) is 0 Å². The first-order valence-corrected chi connectivity index (χ1v) is 6.19. The van der Waals surface area contributed by atoms with E-state index in [1.165, 1.54) is 11.1 Å². The van der Waals surface area contributed by atoms with Gasteiger partial charge < -0.3 is 11.5 Å². The molecule has 17 heavy (non-hydrogen) atoms. The smallest absolute Gasteiger partial charge is 0.0475 e. The lowest BCUT2D eigenvalue weighted by Crippen LogP contribution is -2.44. The molecule has 0 aliphatic rings. The molecule has 0 aromatic heterocycles. The first-order chi connectivity index (χ1) is 7.53. The molecule has 1 atom stereocenters. The van der Waals surface area contributed by atoms with E-state index in [0.717, 1.165) is 5.56 Å². The molecule has 1 aromatic rings. The molecule has 0 saturated heterocycles. The monoisotopic (exact) mass is 234 g/mol. The molecule has 0 aliphatic heterocycles. The van der Waals surface area contributed by atoms with E-state index in [2.05, 4.69) is 45.9 Å². The molecule has 0 fully saturated rings. The Hall–Kier alpha value is -0.860. The topological polar surface area (TPSA) is 52.0 Å². The summed E-state index contributed by atoms with van der Waals surface area (Å²) >= 11 is 0. The summed E-state index contributed by atoms with van der Waals surface area (Å²) in [7, 11) is 0. The van der Waals surface area contributed by atoms with Crippen molar-refractivity contribution in [2.24, 2.45) is 11.5 Å². The van der Waals surface area contributed by atoms with Gasteiger partial charge in [-0.2, -0.15) is 0 Å². The molecular weight excluding hydrogens is 208 g/mol. The van der Waals surface area contributed by atoms with Gasteiger partial charge in [-0.3, -0.25) is 0 Å². The molecule has 0 spiro atoms. The Morgan fingerprint density at radius 2 is 1.59 bits per heavy atom. The van der Waals surface area contributed by atoms with Crippen LogP contribution in [0.3, 0.4) is 0 Å². The summed E-state index contributed by atoms with van der Waals surface area (Å²) in [4.78, 5) is 0. The van der Waals surface area contributed by atoms with Gasteiger partial charge in [0.1, 0.15) is 0 Å². The van der Waals surface area contributed by atoms with Gasteiger partial charge in [0.25, 0.3) is 0 Å². The molecule has 2 heteroatoms. The fraction of sp³-hybridized carbons (Fsp3) is 0.600. The van der Waals surface area contributed by atoms with Crippen molar-refractivity contribution < 1.29 is 0 Å². The van der Waals surface area contributed by atoms with Crippen LogP contribution >= 0.6 is 0 Å². The van der Waals surface area contributed by atoms with Gasteiger partial charge in [0.05, 0.1) is 0 Å². The van der Waals surface area contributed by atoms with Crippen molar-refractivity contribution in [1.82, 2.24) is 0 Å². The fourth-order valence-electron chi connectivity index (χ4n) is 1.84. The van der Waals surface area contributed by atoms with Crippen LogP contribution in [0.2, 0.25) is 0 Å². The Morgan fingerprint density at radius 3 is 2.00 bits per heavy atom. The largest absolute Gasteiger partial charge is 0.324 e. The van der Waals surface area contributed by atoms with Gasteiger partial charge in [-0.15, -0.1) is 0 Å². The van der Waals surface area contributed by atoms with E-state index in [1.54, 1.807) is 0 Å². The minimum absolute atomic E-state index is 0.134. The standard InChI is InChI=1S/C15H26N2/c1-10-7-8-11(14(2,3)4)9-12(10)13(16)15(5,6)17/h7-9,13H,16-17H2,1-6H3. The van der Waals surface area contributed by atoms with Crippen LogP contribution in [0.5, 0.6) is 0 Å². The molecule has 0 heterocycles. The molecule has 1 rings (SSSR count). The minimum atomic E-state index is -0.402. The maximum absolute atomic E-state index is 6.26. The Labute approximate surface area is 105 Å². The normalized spacial score (nSPS) is 14.8. The van der Waals surface area contributed by atoms with Crippen molar-refractivity contribution >= 4 is 0 Å². The first-order valence-electron chi connectivity index (χ1n) is 6.19. The van der Waals surface area contributed by atoms with Crippen LogP contribution in [0.15, 0.2) is 18.2 Å². The zero-order chi connectivity index (χ0) is 13.4. The Morgan fingerprint density at radius 1 is 1.06 bits per heavy atom. The Balaban J connectivity index is 3.25. The highest BCUT2D eigenvalue weighted by molar-refractivity contribution is 5.37. The summed E-state index contributed by atoms with van der Waals surface area (Å²) in [6, 6.07) is 6.38. The van der Waals surface area contributed by atoms with E-state index in [9.17, 15) is 0 Å². The van der Waals surface area contributed by atoms with Gasteiger partial charge in [-0.05, 0) is 42.9 Å².